The molecule has 0 aromatic carbocycles. The molecule has 17 heteroatoms. The van der Waals surface area contributed by atoms with Crippen LogP contribution in [0.25, 0.3) is 0 Å². The fourth-order valence-corrected chi connectivity index (χ4v) is 16.6. The molecule has 4 amide bonds. The fraction of sp³-hybridized carbons (Fsp3) is 0.861. The van der Waals surface area contributed by atoms with Crippen LogP contribution in [0.3, 0.4) is 0 Å². The van der Waals surface area contributed by atoms with E-state index in [2.05, 4.69) is 76.7 Å². The highest BCUT2D eigenvalue weighted by Crippen LogP contribution is 2.48. The van der Waals surface area contributed by atoms with Crippen molar-refractivity contribution in [3.8, 4) is 0 Å². The standard InChI is InChI=1S/C20H33NO4.2C18H31NO3.C16H27NO3/c1-13(2)18-11-15-5-4-6-17(15)21(18)20(23)16(12-19(22)24-3)14-7-9-25-10-8-14;2*1-11(2)14(10-17(20)22-5)18(21)19-15-8-6-7-13(15)9-16(19)12(3)4;1-10(2)13(8-15(18)20-6)16(19)17-9-12(5)7-14(17)11(3)4/h13-18H,4-12H2,1-3H3;2*11-16H,6-10H2,1-5H3;10-11,13-14H,5,7-9H2,1-4,6H3/t15?,16-,17-,18-;2*13?,14-,15-,16-;13-,14-/m0000/s1. The van der Waals surface area contributed by atoms with Crippen molar-refractivity contribution in [1.82, 2.24) is 19.6 Å². The zero-order chi connectivity index (χ0) is 66.3. The van der Waals surface area contributed by atoms with Crippen LogP contribution >= 0.6 is 0 Å². The third-order valence-corrected chi connectivity index (χ3v) is 22.0. The van der Waals surface area contributed by atoms with Crippen LogP contribution in [-0.4, -0.2) is 158 Å². The summed E-state index contributed by atoms with van der Waals surface area (Å²) in [5, 5.41) is 0. The van der Waals surface area contributed by atoms with Gasteiger partial charge in [-0.15, -0.1) is 0 Å². The summed E-state index contributed by atoms with van der Waals surface area (Å²) in [6.07, 6.45) is 17.6. The molecule has 17 nitrogen and oxygen atoms in total. The van der Waals surface area contributed by atoms with Crippen LogP contribution in [-0.2, 0) is 62.0 Å². The topological polar surface area (TPSA) is 196 Å². The Morgan fingerprint density at radius 3 is 1.06 bits per heavy atom. The molecular weight excluding hydrogens is 1130 g/mol. The fourth-order valence-electron chi connectivity index (χ4n) is 16.6. The highest BCUT2D eigenvalue weighted by atomic mass is 16.5. The lowest BCUT2D eigenvalue weighted by Crippen LogP contribution is -2.49. The van der Waals surface area contributed by atoms with Crippen molar-refractivity contribution in [3.63, 3.8) is 0 Å². The van der Waals surface area contributed by atoms with Gasteiger partial charge < -0.3 is 43.3 Å². The van der Waals surface area contributed by atoms with Crippen LogP contribution in [0.1, 0.15) is 219 Å². The van der Waals surface area contributed by atoms with Crippen molar-refractivity contribution in [3.05, 3.63) is 12.2 Å². The van der Waals surface area contributed by atoms with Crippen molar-refractivity contribution in [1.29, 1.82) is 0 Å². The Kier molecular flexibility index (Phi) is 29.5. The van der Waals surface area contributed by atoms with Gasteiger partial charge >= 0.3 is 23.9 Å². The number of fused-ring (bicyclic) bond motifs is 3. The number of carbonyl (C=O) groups is 8. The Bertz CT molecular complexity index is 2270. The lowest BCUT2D eigenvalue weighted by Gasteiger charge is -2.38. The number of ether oxygens (including phenoxy) is 5. The Morgan fingerprint density at radius 1 is 0.427 bits per heavy atom. The van der Waals surface area contributed by atoms with Gasteiger partial charge in [0.2, 0.25) is 23.6 Å². The number of esters is 4. The van der Waals surface area contributed by atoms with Gasteiger partial charge in [0.15, 0.2) is 0 Å². The molecule has 0 aromatic heterocycles. The number of nitrogens with zero attached hydrogens (tertiary/aromatic N) is 4. The van der Waals surface area contributed by atoms with Crippen molar-refractivity contribution in [2.75, 3.05) is 48.2 Å². The van der Waals surface area contributed by atoms with Crippen molar-refractivity contribution < 1.29 is 62.0 Å². The molecule has 5 aliphatic heterocycles. The van der Waals surface area contributed by atoms with Crippen LogP contribution < -0.4 is 0 Å². The van der Waals surface area contributed by atoms with Crippen LogP contribution in [0.15, 0.2) is 12.2 Å². The van der Waals surface area contributed by atoms with E-state index in [1.165, 1.54) is 67.0 Å². The summed E-state index contributed by atoms with van der Waals surface area (Å²) in [6, 6.07) is 2.39. The van der Waals surface area contributed by atoms with E-state index in [1.807, 2.05) is 46.4 Å². The average Bonchev–Trinajstić information content (AvgIpc) is 1.72. The molecule has 0 aromatic rings. The van der Waals surface area contributed by atoms with Gasteiger partial charge in [0.1, 0.15) is 0 Å². The molecule has 3 unspecified atom stereocenters. The first kappa shape index (κ1) is 75.2. The number of rotatable bonds is 20. The maximum atomic E-state index is 13.6. The summed E-state index contributed by atoms with van der Waals surface area (Å²) in [7, 11) is 5.56. The Balaban J connectivity index is 0.000000217. The average molecular weight is 1250 g/mol. The minimum absolute atomic E-state index is 0.0581. The normalized spacial score (nSPS) is 27.8. The maximum Gasteiger partial charge on any atom is 0.306 e. The van der Waals surface area contributed by atoms with Crippen molar-refractivity contribution >= 4 is 47.5 Å². The first-order valence-corrected chi connectivity index (χ1v) is 34.8. The van der Waals surface area contributed by atoms with Gasteiger partial charge in [-0.3, -0.25) is 38.4 Å². The highest BCUT2D eigenvalue weighted by Gasteiger charge is 2.52. The maximum absolute atomic E-state index is 13.6. The molecular formula is C72H122N4O13. The molecule has 14 atom stereocenters. The number of likely N-dealkylation sites (tertiary alicyclic amines) is 4. The van der Waals surface area contributed by atoms with Gasteiger partial charge in [0.25, 0.3) is 0 Å². The van der Waals surface area contributed by atoms with Crippen LogP contribution in [0.4, 0.5) is 0 Å². The summed E-state index contributed by atoms with van der Waals surface area (Å²) in [6.45, 7) is 35.6. The van der Waals surface area contributed by atoms with E-state index in [0.717, 1.165) is 63.4 Å². The molecule has 508 valence electrons. The van der Waals surface area contributed by atoms with E-state index in [-0.39, 0.29) is 127 Å². The largest absolute Gasteiger partial charge is 0.469 e. The smallest absolute Gasteiger partial charge is 0.306 e. The predicted molar refractivity (Wildman–Crippen MR) is 346 cm³/mol. The molecule has 5 saturated heterocycles. The molecule has 8 fully saturated rings. The summed E-state index contributed by atoms with van der Waals surface area (Å²) in [5.41, 5.74) is 1.10. The lowest BCUT2D eigenvalue weighted by atomic mass is 9.82. The molecule has 8 rings (SSSR count). The molecule has 89 heavy (non-hydrogen) atoms. The lowest BCUT2D eigenvalue weighted by molar-refractivity contribution is -0.151. The van der Waals surface area contributed by atoms with Gasteiger partial charge in [-0.25, -0.2) is 0 Å². The Labute approximate surface area is 537 Å². The third kappa shape index (κ3) is 19.3. The SMILES string of the molecule is C=C1C[C@@H](C(C)C)N(C(=O)[C@@H](CC(=O)OC)C(C)C)C1.COC(=O)C[C@H](C(=O)N1[C@H](C(C)C)CC2CCC[C@@H]21)C(C)C.COC(=O)C[C@H](C(=O)N1[C@H](C(C)C)CC2CCC[C@@H]21)C(C)C.COC(=O)C[C@H](C(=O)N1[C@H](C(C)C)CC2CCC[C@@H]21)C1CCOCC1. The van der Waals surface area contributed by atoms with Gasteiger partial charge in [0, 0.05) is 62.1 Å². The molecule has 0 spiro atoms. The minimum Gasteiger partial charge on any atom is -0.469 e. The first-order chi connectivity index (χ1) is 42.0. The molecule has 3 saturated carbocycles. The van der Waals surface area contributed by atoms with E-state index in [9.17, 15) is 38.4 Å². The van der Waals surface area contributed by atoms with Crippen LogP contribution in [0.5, 0.6) is 0 Å². The Morgan fingerprint density at radius 2 is 0.742 bits per heavy atom. The Hall–Kier alpha value is -4.54. The predicted octanol–water partition coefficient (Wildman–Crippen LogP) is 12.1. The third-order valence-electron chi connectivity index (χ3n) is 22.0. The molecule has 3 aliphatic carbocycles. The van der Waals surface area contributed by atoms with Gasteiger partial charge in [0.05, 0.1) is 77.8 Å². The van der Waals surface area contributed by atoms with E-state index < -0.39 is 0 Å². The second-order valence-corrected chi connectivity index (χ2v) is 30.1. The van der Waals surface area contributed by atoms with Gasteiger partial charge in [-0.2, -0.15) is 0 Å². The highest BCUT2D eigenvalue weighted by molar-refractivity contribution is 5.87. The second-order valence-electron chi connectivity index (χ2n) is 30.1. The van der Waals surface area contributed by atoms with Gasteiger partial charge in [-0.1, -0.05) is 128 Å². The van der Waals surface area contributed by atoms with E-state index in [1.54, 1.807) is 0 Å². The number of carbonyl (C=O) groups excluding carboxylic acids is 8. The van der Waals surface area contributed by atoms with Crippen LogP contribution in [0, 0.1) is 88.8 Å². The minimum atomic E-state index is -0.323. The van der Waals surface area contributed by atoms with Crippen molar-refractivity contribution in [2.45, 2.75) is 261 Å². The van der Waals surface area contributed by atoms with E-state index in [4.69, 9.17) is 23.7 Å². The summed E-state index contributed by atoms with van der Waals surface area (Å²) >= 11 is 0. The zero-order valence-electron chi connectivity index (χ0n) is 58.6. The molecule has 8 aliphatic rings. The molecule has 0 N–H and O–H groups in total. The zero-order valence-corrected chi connectivity index (χ0v) is 58.6. The van der Waals surface area contributed by atoms with E-state index in [0.29, 0.717) is 97.4 Å². The number of methoxy groups -OCH3 is 4. The number of hydrogen-bond acceptors (Lipinski definition) is 13. The summed E-state index contributed by atoms with van der Waals surface area (Å²) < 4.78 is 24.7. The molecule has 0 radical (unpaired) electrons. The van der Waals surface area contributed by atoms with Crippen LogP contribution in [0.2, 0.25) is 0 Å². The monoisotopic (exact) mass is 1250 g/mol. The molecule has 0 bridgehead atoms. The quantitative estimate of drug-likeness (QED) is 0.0635. The number of amides is 4. The van der Waals surface area contributed by atoms with Gasteiger partial charge in [-0.05, 0) is 142 Å². The molecule has 5 heterocycles. The van der Waals surface area contributed by atoms with E-state index >= 15 is 0 Å². The first-order valence-electron chi connectivity index (χ1n) is 34.8. The number of hydrogen-bond donors (Lipinski definition) is 0. The summed E-state index contributed by atoms with van der Waals surface area (Å²) in [5.74, 6) is 2.82. The summed E-state index contributed by atoms with van der Waals surface area (Å²) in [4.78, 5) is 108. The van der Waals surface area contributed by atoms with Crippen molar-refractivity contribution in [2.24, 2.45) is 88.8 Å². The second kappa shape index (κ2) is 34.9.